The third-order valence-electron chi connectivity index (χ3n) is 5.51. The van der Waals surface area contributed by atoms with Gasteiger partial charge in [-0.1, -0.05) is 42.5 Å². The molecule has 0 N–H and O–H groups in total. The van der Waals surface area contributed by atoms with Crippen molar-refractivity contribution in [2.75, 3.05) is 38.3 Å². The quantitative estimate of drug-likeness (QED) is 0.522. The Labute approximate surface area is 192 Å². The minimum absolute atomic E-state index is 0.0315. The Balaban J connectivity index is 1.28. The van der Waals surface area contributed by atoms with Crippen LogP contribution in [0.5, 0.6) is 5.75 Å². The lowest BCUT2D eigenvalue weighted by Crippen LogP contribution is -2.55. The van der Waals surface area contributed by atoms with Crippen molar-refractivity contribution in [3.8, 4) is 5.75 Å². The molecule has 0 spiro atoms. The van der Waals surface area contributed by atoms with Crippen molar-refractivity contribution in [1.82, 2.24) is 14.3 Å². The first-order valence-electron chi connectivity index (χ1n) is 10.7. The van der Waals surface area contributed by atoms with Gasteiger partial charge in [-0.25, -0.2) is 4.98 Å². The van der Waals surface area contributed by atoms with Crippen LogP contribution >= 0.6 is 11.5 Å². The van der Waals surface area contributed by atoms with Gasteiger partial charge in [-0.05, 0) is 30.2 Å². The molecule has 4 rings (SSSR count). The molecule has 32 heavy (non-hydrogen) atoms. The molecule has 7 nitrogen and oxygen atoms in total. The third kappa shape index (κ3) is 5.63. The first kappa shape index (κ1) is 22.2. The summed E-state index contributed by atoms with van der Waals surface area (Å²) in [5, 5.41) is 0.905. The van der Waals surface area contributed by atoms with Crippen molar-refractivity contribution in [2.24, 2.45) is 0 Å². The molecule has 1 unspecified atom stereocenters. The van der Waals surface area contributed by atoms with E-state index >= 15 is 0 Å². The molecule has 1 aromatic heterocycles. The van der Waals surface area contributed by atoms with Crippen LogP contribution in [0.3, 0.4) is 0 Å². The second-order valence-corrected chi connectivity index (χ2v) is 8.61. The van der Waals surface area contributed by atoms with Gasteiger partial charge in [-0.15, -0.1) is 0 Å². The first-order valence-corrected chi connectivity index (χ1v) is 11.5. The van der Waals surface area contributed by atoms with Crippen molar-refractivity contribution >= 4 is 22.6 Å². The minimum Gasteiger partial charge on any atom is -0.497 e. The molecule has 1 aliphatic heterocycles. The van der Waals surface area contributed by atoms with Gasteiger partial charge < -0.3 is 19.3 Å². The zero-order chi connectivity index (χ0) is 22.3. The van der Waals surface area contributed by atoms with Crippen molar-refractivity contribution in [2.45, 2.75) is 26.0 Å². The Morgan fingerprint density at radius 2 is 1.94 bits per heavy atom. The van der Waals surface area contributed by atoms with Gasteiger partial charge in [0.05, 0.1) is 13.7 Å². The van der Waals surface area contributed by atoms with E-state index in [-0.39, 0.29) is 18.6 Å². The van der Waals surface area contributed by atoms with Gasteiger partial charge in [0.2, 0.25) is 11.0 Å². The van der Waals surface area contributed by atoms with E-state index in [9.17, 15) is 4.79 Å². The molecular weight excluding hydrogens is 424 g/mol. The maximum Gasteiger partial charge on any atom is 0.248 e. The van der Waals surface area contributed by atoms with E-state index in [0.29, 0.717) is 19.6 Å². The van der Waals surface area contributed by atoms with Crippen LogP contribution in [0.15, 0.2) is 54.6 Å². The molecule has 1 amide bonds. The lowest BCUT2D eigenvalue weighted by Gasteiger charge is -2.39. The Morgan fingerprint density at radius 1 is 1.12 bits per heavy atom. The molecule has 1 aliphatic rings. The predicted molar refractivity (Wildman–Crippen MR) is 125 cm³/mol. The third-order valence-corrected chi connectivity index (χ3v) is 6.32. The molecule has 1 saturated heterocycles. The highest BCUT2D eigenvalue weighted by Gasteiger charge is 2.29. The second kappa shape index (κ2) is 10.6. The molecule has 168 valence electrons. The number of aromatic nitrogens is 2. The highest BCUT2D eigenvalue weighted by molar-refractivity contribution is 7.09. The largest absolute Gasteiger partial charge is 0.497 e. The first-order chi connectivity index (χ1) is 15.6. The van der Waals surface area contributed by atoms with Gasteiger partial charge in [-0.3, -0.25) is 4.79 Å². The molecule has 0 bridgehead atoms. The van der Waals surface area contributed by atoms with Gasteiger partial charge in [-0.2, -0.15) is 4.37 Å². The van der Waals surface area contributed by atoms with E-state index < -0.39 is 0 Å². The number of anilines is 1. The lowest BCUT2D eigenvalue weighted by atomic mass is 10.1. The number of hydrogen-bond donors (Lipinski definition) is 0. The number of ether oxygens (including phenoxy) is 2. The summed E-state index contributed by atoms with van der Waals surface area (Å²) in [4.78, 5) is 21.5. The molecule has 1 fully saturated rings. The molecule has 2 aromatic carbocycles. The van der Waals surface area contributed by atoms with Crippen molar-refractivity contribution in [3.05, 3.63) is 71.5 Å². The zero-order valence-corrected chi connectivity index (χ0v) is 19.3. The Kier molecular flexibility index (Phi) is 7.34. The highest BCUT2D eigenvalue weighted by Crippen LogP contribution is 2.23. The van der Waals surface area contributed by atoms with Gasteiger partial charge in [0, 0.05) is 43.6 Å². The fourth-order valence-electron chi connectivity index (χ4n) is 3.83. The average molecular weight is 453 g/mol. The van der Waals surface area contributed by atoms with E-state index in [4.69, 9.17) is 14.5 Å². The van der Waals surface area contributed by atoms with Crippen LogP contribution < -0.4 is 9.64 Å². The second-order valence-electron chi connectivity index (χ2n) is 7.88. The van der Waals surface area contributed by atoms with Crippen LogP contribution in [0.2, 0.25) is 0 Å². The van der Waals surface area contributed by atoms with Crippen LogP contribution in [0, 0.1) is 0 Å². The summed E-state index contributed by atoms with van der Waals surface area (Å²) in [6.45, 7) is 4.74. The zero-order valence-electron chi connectivity index (χ0n) is 18.4. The Bertz CT molecular complexity index is 1030. The topological polar surface area (TPSA) is 67.8 Å². The average Bonchev–Trinajstić information content (AvgIpc) is 3.28. The number of rotatable bonds is 8. The van der Waals surface area contributed by atoms with Gasteiger partial charge in [0.1, 0.15) is 18.2 Å². The minimum atomic E-state index is 0.0315. The van der Waals surface area contributed by atoms with Crippen LogP contribution in [0.4, 0.5) is 5.13 Å². The van der Waals surface area contributed by atoms with E-state index in [1.54, 1.807) is 7.11 Å². The summed E-state index contributed by atoms with van der Waals surface area (Å²) < 4.78 is 15.5. The predicted octanol–water partition coefficient (Wildman–Crippen LogP) is 3.39. The number of carbonyl (C=O) groups excluding carboxylic acids is 1. The van der Waals surface area contributed by atoms with Gasteiger partial charge >= 0.3 is 0 Å². The standard InChI is InChI=1S/C24H28N4O3S/c1-18-15-27(11-12-28(18)23(29)17-31-16-19-7-4-3-5-8-19)24-25-22(26-32-24)14-20-9-6-10-21(13-20)30-2/h3-10,13,18H,11-12,14-17H2,1-2H3. The monoisotopic (exact) mass is 452 g/mol. The SMILES string of the molecule is COc1cccc(Cc2nsc(N3CCN(C(=O)COCc4ccccc4)C(C)C3)n2)c1. The molecule has 0 saturated carbocycles. The number of amides is 1. The van der Waals surface area contributed by atoms with Crippen LogP contribution in [-0.2, 0) is 22.6 Å². The summed E-state index contributed by atoms with van der Waals surface area (Å²) >= 11 is 1.41. The lowest BCUT2D eigenvalue weighted by molar-refractivity contribution is -0.139. The normalized spacial score (nSPS) is 16.2. The summed E-state index contributed by atoms with van der Waals surface area (Å²) in [6, 6.07) is 17.9. The van der Waals surface area contributed by atoms with Crippen LogP contribution in [0.1, 0.15) is 23.9 Å². The van der Waals surface area contributed by atoms with E-state index in [2.05, 4.69) is 22.3 Å². The van der Waals surface area contributed by atoms with E-state index in [0.717, 1.165) is 40.9 Å². The Morgan fingerprint density at radius 3 is 2.72 bits per heavy atom. The summed E-state index contributed by atoms with van der Waals surface area (Å²) in [5.74, 6) is 1.67. The fraction of sp³-hybridized carbons (Fsp3) is 0.375. The molecule has 3 aromatic rings. The van der Waals surface area contributed by atoms with E-state index in [1.807, 2.05) is 53.4 Å². The summed E-state index contributed by atoms with van der Waals surface area (Å²) in [5.41, 5.74) is 2.19. The number of benzene rings is 2. The van der Waals surface area contributed by atoms with E-state index in [1.165, 1.54) is 11.5 Å². The smallest absolute Gasteiger partial charge is 0.248 e. The van der Waals surface area contributed by atoms with Crippen molar-refractivity contribution < 1.29 is 14.3 Å². The van der Waals surface area contributed by atoms with Crippen molar-refractivity contribution in [1.29, 1.82) is 0 Å². The molecule has 0 radical (unpaired) electrons. The maximum atomic E-state index is 12.6. The summed E-state index contributed by atoms with van der Waals surface area (Å²) in [7, 11) is 1.67. The van der Waals surface area contributed by atoms with Crippen molar-refractivity contribution in [3.63, 3.8) is 0 Å². The fourth-order valence-corrected chi connectivity index (χ4v) is 4.55. The number of carbonyl (C=O) groups is 1. The molecule has 0 aliphatic carbocycles. The van der Waals surface area contributed by atoms with Crippen LogP contribution in [-0.4, -0.2) is 59.6 Å². The number of methoxy groups -OCH3 is 1. The molecule has 2 heterocycles. The Hall–Kier alpha value is -2.97. The van der Waals surface area contributed by atoms with Crippen LogP contribution in [0.25, 0.3) is 0 Å². The highest BCUT2D eigenvalue weighted by atomic mass is 32.1. The molecule has 8 heteroatoms. The maximum absolute atomic E-state index is 12.6. The number of hydrogen-bond acceptors (Lipinski definition) is 7. The van der Waals surface area contributed by atoms with Gasteiger partial charge in [0.15, 0.2) is 0 Å². The van der Waals surface area contributed by atoms with Gasteiger partial charge in [0.25, 0.3) is 0 Å². The summed E-state index contributed by atoms with van der Waals surface area (Å²) in [6.07, 6.45) is 0.667. The molecular formula is C24H28N4O3S. The number of piperazine rings is 1. The molecule has 1 atom stereocenters. The number of nitrogens with zero attached hydrogens (tertiary/aromatic N) is 4.